The van der Waals surface area contributed by atoms with Crippen LogP contribution in [-0.4, -0.2) is 24.2 Å². The lowest BCUT2D eigenvalue weighted by molar-refractivity contribution is 0.304. The highest BCUT2D eigenvalue weighted by Gasteiger charge is 2.27. The molecule has 0 bridgehead atoms. The Hall–Kier alpha value is -3.01. The zero-order chi connectivity index (χ0) is 20.2. The van der Waals surface area contributed by atoms with Crippen LogP contribution in [0.5, 0.6) is 11.5 Å². The van der Waals surface area contributed by atoms with Crippen LogP contribution in [0.4, 0.5) is 5.69 Å². The van der Waals surface area contributed by atoms with E-state index in [1.165, 1.54) is 18.5 Å². The first-order valence-corrected chi connectivity index (χ1v) is 10.2. The van der Waals surface area contributed by atoms with Gasteiger partial charge < -0.3 is 14.4 Å². The normalized spacial score (nSPS) is 18.7. The van der Waals surface area contributed by atoms with Crippen molar-refractivity contribution >= 4 is 5.69 Å². The molecule has 1 aromatic heterocycles. The third-order valence-corrected chi connectivity index (χ3v) is 5.70. The largest absolute Gasteiger partial charge is 0.496 e. The maximum absolute atomic E-state index is 5.93. The fourth-order valence-electron chi connectivity index (χ4n) is 4.12. The highest BCUT2D eigenvalue weighted by Crippen LogP contribution is 2.35. The van der Waals surface area contributed by atoms with Gasteiger partial charge in [0.15, 0.2) is 0 Å². The number of hydrogen-bond donors (Lipinski definition) is 0. The predicted octanol–water partition coefficient (Wildman–Crippen LogP) is 5.71. The van der Waals surface area contributed by atoms with E-state index in [1.807, 2.05) is 42.6 Å². The summed E-state index contributed by atoms with van der Waals surface area (Å²) in [5.74, 6) is 1.55. The minimum atomic E-state index is 0.530. The van der Waals surface area contributed by atoms with Crippen molar-refractivity contribution in [3.05, 3.63) is 72.4 Å². The van der Waals surface area contributed by atoms with E-state index < -0.39 is 0 Å². The molecule has 4 rings (SSSR count). The minimum Gasteiger partial charge on any atom is -0.496 e. The molecule has 0 N–H and O–H groups in total. The molecule has 29 heavy (non-hydrogen) atoms. The number of aromatic nitrogens is 1. The number of pyridine rings is 1. The molecule has 0 unspecified atom stereocenters. The average molecular weight is 389 g/mol. The molecule has 4 heteroatoms. The third kappa shape index (κ3) is 4.21. The molecule has 0 radical (unpaired) electrons. The van der Waals surface area contributed by atoms with Crippen molar-refractivity contribution in [2.24, 2.45) is 0 Å². The van der Waals surface area contributed by atoms with Gasteiger partial charge in [0, 0.05) is 23.7 Å². The topological polar surface area (TPSA) is 34.6 Å². The molecule has 0 amide bonds. The van der Waals surface area contributed by atoms with Gasteiger partial charge in [0.05, 0.1) is 24.7 Å². The van der Waals surface area contributed by atoms with Crippen molar-refractivity contribution in [3.63, 3.8) is 0 Å². The fourth-order valence-corrected chi connectivity index (χ4v) is 4.12. The van der Waals surface area contributed by atoms with Crippen molar-refractivity contribution in [1.29, 1.82) is 0 Å². The van der Waals surface area contributed by atoms with Crippen LogP contribution >= 0.6 is 0 Å². The zero-order valence-electron chi connectivity index (χ0n) is 17.3. The summed E-state index contributed by atoms with van der Waals surface area (Å²) in [4.78, 5) is 7.20. The number of hydrogen-bond acceptors (Lipinski definition) is 4. The molecule has 4 nitrogen and oxygen atoms in total. The molecule has 1 aliphatic rings. The molecule has 0 saturated carbocycles. The van der Waals surface area contributed by atoms with Gasteiger partial charge in [-0.05, 0) is 56.5 Å². The smallest absolute Gasteiger partial charge is 0.131 e. The maximum atomic E-state index is 5.93. The van der Waals surface area contributed by atoms with Crippen LogP contribution in [0.2, 0.25) is 0 Å². The van der Waals surface area contributed by atoms with E-state index >= 15 is 0 Å². The minimum absolute atomic E-state index is 0.530. The summed E-state index contributed by atoms with van der Waals surface area (Å²) < 4.78 is 11.6. The van der Waals surface area contributed by atoms with Gasteiger partial charge in [-0.3, -0.25) is 4.98 Å². The Morgan fingerprint density at radius 2 is 1.72 bits per heavy atom. The molecule has 3 aromatic rings. The molecule has 1 saturated heterocycles. The van der Waals surface area contributed by atoms with Gasteiger partial charge in [0.2, 0.25) is 0 Å². The van der Waals surface area contributed by atoms with Crippen LogP contribution < -0.4 is 14.4 Å². The zero-order valence-corrected chi connectivity index (χ0v) is 17.3. The summed E-state index contributed by atoms with van der Waals surface area (Å²) in [7, 11) is 1.68. The molecule has 2 heterocycles. The summed E-state index contributed by atoms with van der Waals surface area (Å²) >= 11 is 0. The molecular formula is C25H28N2O2. The second-order valence-corrected chi connectivity index (χ2v) is 7.72. The van der Waals surface area contributed by atoms with E-state index in [0.717, 1.165) is 28.3 Å². The van der Waals surface area contributed by atoms with Gasteiger partial charge in [0.25, 0.3) is 0 Å². The third-order valence-electron chi connectivity index (χ3n) is 5.70. The van der Waals surface area contributed by atoms with Gasteiger partial charge in [-0.25, -0.2) is 0 Å². The average Bonchev–Trinajstić information content (AvgIpc) is 3.11. The van der Waals surface area contributed by atoms with E-state index in [4.69, 9.17) is 14.5 Å². The summed E-state index contributed by atoms with van der Waals surface area (Å²) in [5, 5.41) is 0. The highest BCUT2D eigenvalue weighted by atomic mass is 16.5. The quantitative estimate of drug-likeness (QED) is 0.541. The number of nitrogens with zero attached hydrogens (tertiary/aromatic N) is 2. The van der Waals surface area contributed by atoms with Crippen LogP contribution in [0.25, 0.3) is 11.3 Å². The Morgan fingerprint density at radius 1 is 0.966 bits per heavy atom. The van der Waals surface area contributed by atoms with Crippen molar-refractivity contribution in [1.82, 2.24) is 4.98 Å². The van der Waals surface area contributed by atoms with Gasteiger partial charge in [0.1, 0.15) is 18.1 Å². The number of methoxy groups -OCH3 is 1. The van der Waals surface area contributed by atoms with Gasteiger partial charge in [-0.15, -0.1) is 0 Å². The SMILES string of the molecule is COc1cc(OCc2ccccc2)ccc1-c1ccc(N2[C@H](C)CC[C@@H]2C)cn1. The summed E-state index contributed by atoms with van der Waals surface area (Å²) in [5.41, 5.74) is 4.19. The Morgan fingerprint density at radius 3 is 2.38 bits per heavy atom. The fraction of sp³-hybridized carbons (Fsp3) is 0.320. The Bertz CT molecular complexity index is 931. The lowest BCUT2D eigenvalue weighted by Gasteiger charge is -2.28. The molecule has 1 aliphatic heterocycles. The van der Waals surface area contributed by atoms with Gasteiger partial charge in [-0.1, -0.05) is 30.3 Å². The Kier molecular flexibility index (Phi) is 5.70. The van der Waals surface area contributed by atoms with E-state index in [9.17, 15) is 0 Å². The lowest BCUT2D eigenvalue weighted by Crippen LogP contribution is -2.32. The monoisotopic (exact) mass is 388 g/mol. The molecule has 2 aromatic carbocycles. The maximum Gasteiger partial charge on any atom is 0.131 e. The first-order chi connectivity index (χ1) is 14.2. The molecular weight excluding hydrogens is 360 g/mol. The van der Waals surface area contributed by atoms with E-state index in [1.54, 1.807) is 7.11 Å². The van der Waals surface area contributed by atoms with Crippen LogP contribution in [0.3, 0.4) is 0 Å². The van der Waals surface area contributed by atoms with Crippen molar-refractivity contribution in [2.45, 2.75) is 45.4 Å². The first-order valence-electron chi connectivity index (χ1n) is 10.2. The summed E-state index contributed by atoms with van der Waals surface area (Å²) in [6.45, 7) is 5.10. The summed E-state index contributed by atoms with van der Waals surface area (Å²) in [6, 6.07) is 21.4. The molecule has 0 spiro atoms. The van der Waals surface area contributed by atoms with Gasteiger partial charge in [-0.2, -0.15) is 0 Å². The molecule has 150 valence electrons. The van der Waals surface area contributed by atoms with Crippen LogP contribution in [0, 0.1) is 0 Å². The van der Waals surface area contributed by atoms with Crippen LogP contribution in [-0.2, 0) is 6.61 Å². The van der Waals surface area contributed by atoms with Crippen LogP contribution in [0.15, 0.2) is 66.9 Å². The predicted molar refractivity (Wildman–Crippen MR) is 118 cm³/mol. The molecule has 2 atom stereocenters. The van der Waals surface area contributed by atoms with E-state index in [-0.39, 0.29) is 0 Å². The second kappa shape index (κ2) is 8.56. The summed E-state index contributed by atoms with van der Waals surface area (Å²) in [6.07, 6.45) is 4.45. The van der Waals surface area contributed by atoms with Crippen LogP contribution in [0.1, 0.15) is 32.3 Å². The van der Waals surface area contributed by atoms with Crippen molar-refractivity contribution < 1.29 is 9.47 Å². The number of anilines is 1. The number of rotatable bonds is 6. The van der Waals surface area contributed by atoms with E-state index in [2.05, 4.69) is 43.0 Å². The molecule has 1 fully saturated rings. The lowest BCUT2D eigenvalue weighted by atomic mass is 10.1. The Balaban J connectivity index is 1.52. The standard InChI is InChI=1S/C25H28N2O2/c1-18-9-10-19(2)27(18)21-11-14-24(26-16-21)23-13-12-22(15-25(23)28-3)29-17-20-7-5-4-6-8-20/h4-8,11-16,18-19H,9-10,17H2,1-3H3/t18-,19+. The van der Waals surface area contributed by atoms with Gasteiger partial charge >= 0.3 is 0 Å². The second-order valence-electron chi connectivity index (χ2n) is 7.72. The van der Waals surface area contributed by atoms with E-state index in [0.29, 0.717) is 18.7 Å². The Labute approximate surface area is 173 Å². The van der Waals surface area contributed by atoms with Crippen molar-refractivity contribution in [3.8, 4) is 22.8 Å². The molecule has 0 aliphatic carbocycles. The van der Waals surface area contributed by atoms with Crippen molar-refractivity contribution in [2.75, 3.05) is 12.0 Å². The number of benzene rings is 2. The first kappa shape index (κ1) is 19.3. The number of ether oxygens (including phenoxy) is 2. The highest BCUT2D eigenvalue weighted by molar-refractivity contribution is 5.69.